The SMILES string of the molecule is O=C(O)c1ccc[c]([SnH3])c1. The van der Waals surface area contributed by atoms with Crippen LogP contribution in [0.1, 0.15) is 10.4 Å². The molecule has 1 N–H and O–H groups in total. The van der Waals surface area contributed by atoms with E-state index in [0.29, 0.717) is 28.1 Å². The minimum absolute atomic E-state index is 0.400. The number of hydrogen-bond donors (Lipinski definition) is 1. The number of benzene rings is 1. The van der Waals surface area contributed by atoms with Crippen LogP contribution in [0, 0.1) is 0 Å². The first-order chi connectivity index (χ1) is 4.70. The first-order valence-corrected chi connectivity index (χ1v) is 5.85. The Kier molecular flexibility index (Phi) is 2.32. The summed E-state index contributed by atoms with van der Waals surface area (Å²) in [4.78, 5) is 10.4. The Bertz CT molecular complexity index is 258. The van der Waals surface area contributed by atoms with Gasteiger partial charge in [-0.05, 0) is 0 Å². The van der Waals surface area contributed by atoms with Crippen LogP contribution in [0.4, 0.5) is 0 Å². The Balaban J connectivity index is 3.07. The summed E-state index contributed by atoms with van der Waals surface area (Å²) in [5.74, 6) is -0.838. The quantitative estimate of drug-likeness (QED) is 0.667. The van der Waals surface area contributed by atoms with Crippen LogP contribution in [0.15, 0.2) is 24.3 Å². The molecule has 3 heteroatoms. The molecule has 0 unspecified atom stereocenters. The van der Waals surface area contributed by atoms with Crippen LogP contribution in [0.25, 0.3) is 0 Å². The predicted octanol–water partition coefficient (Wildman–Crippen LogP) is -0.625. The first kappa shape index (κ1) is 7.59. The van der Waals surface area contributed by atoms with Gasteiger partial charge in [-0.3, -0.25) is 0 Å². The van der Waals surface area contributed by atoms with E-state index >= 15 is 0 Å². The predicted molar refractivity (Wildman–Crippen MR) is 43.0 cm³/mol. The molecule has 0 aliphatic carbocycles. The van der Waals surface area contributed by atoms with Gasteiger partial charge in [0.05, 0.1) is 0 Å². The number of carboxylic acid groups (broad SMARTS) is 1. The van der Waals surface area contributed by atoms with E-state index in [1.165, 1.54) is 3.58 Å². The van der Waals surface area contributed by atoms with Gasteiger partial charge in [0.15, 0.2) is 0 Å². The molecule has 1 aromatic rings. The Morgan fingerprint density at radius 3 is 2.60 bits per heavy atom. The van der Waals surface area contributed by atoms with Gasteiger partial charge in [-0.2, -0.15) is 0 Å². The summed E-state index contributed by atoms with van der Waals surface area (Å²) < 4.78 is 1.18. The number of carboxylic acids is 1. The molecule has 0 spiro atoms. The van der Waals surface area contributed by atoms with Gasteiger partial charge in [-0.15, -0.1) is 0 Å². The van der Waals surface area contributed by atoms with Crippen molar-refractivity contribution in [3.05, 3.63) is 29.8 Å². The molecule has 2 nitrogen and oxygen atoms in total. The summed E-state index contributed by atoms with van der Waals surface area (Å²) in [6.07, 6.45) is 0. The molecule has 0 fully saturated rings. The molecule has 10 heavy (non-hydrogen) atoms. The third-order valence-electron chi connectivity index (χ3n) is 1.27. The second kappa shape index (κ2) is 3.05. The Morgan fingerprint density at radius 2 is 2.20 bits per heavy atom. The molecule has 0 aliphatic heterocycles. The van der Waals surface area contributed by atoms with Crippen LogP contribution in [0.2, 0.25) is 0 Å². The van der Waals surface area contributed by atoms with Gasteiger partial charge in [0.1, 0.15) is 0 Å². The van der Waals surface area contributed by atoms with Crippen LogP contribution >= 0.6 is 0 Å². The minimum atomic E-state index is -0.838. The maximum atomic E-state index is 10.4. The van der Waals surface area contributed by atoms with Crippen molar-refractivity contribution in [2.75, 3.05) is 0 Å². The van der Waals surface area contributed by atoms with E-state index in [4.69, 9.17) is 5.11 Å². The zero-order valence-electron chi connectivity index (χ0n) is 5.66. The van der Waals surface area contributed by atoms with Gasteiger partial charge in [-0.25, -0.2) is 0 Å². The molecule has 0 amide bonds. The van der Waals surface area contributed by atoms with Crippen LogP contribution in [0.3, 0.4) is 0 Å². The summed E-state index contributed by atoms with van der Waals surface area (Å²) in [5, 5.41) is 8.53. The Labute approximate surface area is 72.0 Å². The van der Waals surface area contributed by atoms with Crippen molar-refractivity contribution in [1.29, 1.82) is 0 Å². The normalized spacial score (nSPS) is 9.60. The molecule has 0 aromatic heterocycles. The van der Waals surface area contributed by atoms with Crippen LogP contribution in [-0.2, 0) is 0 Å². The van der Waals surface area contributed by atoms with Crippen molar-refractivity contribution in [2.45, 2.75) is 0 Å². The monoisotopic (exact) mass is 244 g/mol. The molecule has 0 bridgehead atoms. The molecule has 0 heterocycles. The van der Waals surface area contributed by atoms with Crippen molar-refractivity contribution in [1.82, 2.24) is 0 Å². The molecule has 0 radical (unpaired) electrons. The zero-order chi connectivity index (χ0) is 7.56. The first-order valence-electron chi connectivity index (χ1n) is 3.00. The zero-order valence-corrected chi connectivity index (χ0v) is 11.4. The van der Waals surface area contributed by atoms with Gasteiger partial charge >= 0.3 is 71.8 Å². The maximum absolute atomic E-state index is 10.4. The van der Waals surface area contributed by atoms with Crippen molar-refractivity contribution in [3.63, 3.8) is 0 Å². The molecular formula is C7H8O2Sn. The summed E-state index contributed by atoms with van der Waals surface area (Å²) in [6.45, 7) is 0. The average molecular weight is 243 g/mol. The van der Waals surface area contributed by atoms with E-state index in [-0.39, 0.29) is 0 Å². The van der Waals surface area contributed by atoms with E-state index in [0.717, 1.165) is 0 Å². The number of hydrogen-bond acceptors (Lipinski definition) is 1. The van der Waals surface area contributed by atoms with Crippen molar-refractivity contribution >= 4 is 32.1 Å². The fraction of sp³-hybridized carbons (Fsp3) is 0. The summed E-state index contributed by atoms with van der Waals surface area (Å²) in [6, 6.07) is 7.10. The summed E-state index contributed by atoms with van der Waals surface area (Å²) in [7, 11) is 0. The van der Waals surface area contributed by atoms with Gasteiger partial charge in [-0.1, -0.05) is 0 Å². The molecule has 1 rings (SSSR count). The van der Waals surface area contributed by atoms with Crippen LogP contribution < -0.4 is 3.58 Å². The van der Waals surface area contributed by atoms with Crippen LogP contribution in [-0.4, -0.2) is 33.6 Å². The summed E-state index contributed by atoms with van der Waals surface area (Å²) >= 11 is 0.412. The average Bonchev–Trinajstić information content (AvgIpc) is 1.88. The third kappa shape index (κ3) is 1.73. The Hall–Kier alpha value is -0.511. The molecule has 0 aliphatic rings. The fourth-order valence-corrected chi connectivity index (χ4v) is 2.22. The van der Waals surface area contributed by atoms with E-state index in [9.17, 15) is 4.79 Å². The van der Waals surface area contributed by atoms with Gasteiger partial charge in [0, 0.05) is 0 Å². The third-order valence-corrected chi connectivity index (χ3v) is 3.04. The van der Waals surface area contributed by atoms with E-state index in [2.05, 4.69) is 0 Å². The Morgan fingerprint density at radius 1 is 1.50 bits per heavy atom. The second-order valence-corrected chi connectivity index (χ2v) is 5.47. The molecule has 0 atom stereocenters. The van der Waals surface area contributed by atoms with E-state index in [1.54, 1.807) is 18.2 Å². The van der Waals surface area contributed by atoms with E-state index < -0.39 is 5.97 Å². The topological polar surface area (TPSA) is 37.3 Å². The molecule has 0 saturated carbocycles. The fourth-order valence-electron chi connectivity index (χ4n) is 0.778. The second-order valence-electron chi connectivity index (χ2n) is 2.17. The van der Waals surface area contributed by atoms with E-state index in [1.807, 2.05) is 6.07 Å². The molecule has 0 saturated heterocycles. The standard InChI is InChI=1S/C7H5O2.Sn.3H/c8-7(9)6-4-2-1-3-5-6;;;;/h1-2,4-5H,(H,8,9);;;;. The van der Waals surface area contributed by atoms with Gasteiger partial charge in [0.2, 0.25) is 0 Å². The van der Waals surface area contributed by atoms with Gasteiger partial charge < -0.3 is 0 Å². The number of aromatic carboxylic acids is 1. The van der Waals surface area contributed by atoms with Gasteiger partial charge in [0.25, 0.3) is 0 Å². The number of rotatable bonds is 1. The van der Waals surface area contributed by atoms with Crippen molar-refractivity contribution in [3.8, 4) is 0 Å². The number of carbonyl (C=O) groups is 1. The van der Waals surface area contributed by atoms with Crippen LogP contribution in [0.5, 0.6) is 0 Å². The van der Waals surface area contributed by atoms with Crippen molar-refractivity contribution in [2.24, 2.45) is 0 Å². The molecular weight excluding hydrogens is 235 g/mol. The molecule has 52 valence electrons. The summed E-state index contributed by atoms with van der Waals surface area (Å²) in [5.41, 5.74) is 0.400. The molecule has 1 aromatic carbocycles. The van der Waals surface area contributed by atoms with Crippen molar-refractivity contribution < 1.29 is 9.90 Å².